The molecule has 0 radical (unpaired) electrons. The van der Waals surface area contributed by atoms with Crippen LogP contribution < -0.4 is 5.73 Å². The Hall–Kier alpha value is -1.35. The van der Waals surface area contributed by atoms with Crippen LogP contribution in [0.1, 0.15) is 49.6 Å². The highest BCUT2D eigenvalue weighted by Crippen LogP contribution is 2.37. The lowest BCUT2D eigenvalue weighted by atomic mass is 9.76. The second-order valence-electron chi connectivity index (χ2n) is 6.40. The van der Waals surface area contributed by atoms with Crippen molar-refractivity contribution in [3.63, 3.8) is 0 Å². The maximum absolute atomic E-state index is 6.62. The van der Waals surface area contributed by atoms with Crippen LogP contribution in [-0.4, -0.2) is 9.97 Å². The minimum absolute atomic E-state index is 0.265. The molecule has 1 aromatic carbocycles. The number of imidazole rings is 1. The van der Waals surface area contributed by atoms with Crippen molar-refractivity contribution in [2.24, 2.45) is 11.7 Å². The molecule has 1 aromatic heterocycles. The third kappa shape index (κ3) is 2.16. The number of hydrogen-bond acceptors (Lipinski definition) is 2. The third-order valence-electron chi connectivity index (χ3n) is 4.60. The second kappa shape index (κ2) is 4.34. The van der Waals surface area contributed by atoms with Crippen molar-refractivity contribution in [1.82, 2.24) is 9.97 Å². The normalized spacial score (nSPS) is 27.9. The molecular formula is C16H23N3. The van der Waals surface area contributed by atoms with Gasteiger partial charge >= 0.3 is 0 Å². The van der Waals surface area contributed by atoms with E-state index in [4.69, 9.17) is 10.7 Å². The summed E-state index contributed by atoms with van der Waals surface area (Å²) < 4.78 is 0. The summed E-state index contributed by atoms with van der Waals surface area (Å²) in [7, 11) is 0. The maximum atomic E-state index is 6.62. The highest BCUT2D eigenvalue weighted by Gasteiger charge is 2.35. The zero-order valence-corrected chi connectivity index (χ0v) is 12.1. The highest BCUT2D eigenvalue weighted by molar-refractivity contribution is 5.77. The zero-order chi connectivity index (χ0) is 13.6. The molecule has 1 heterocycles. The van der Waals surface area contributed by atoms with Crippen molar-refractivity contribution in [1.29, 1.82) is 0 Å². The van der Waals surface area contributed by atoms with Gasteiger partial charge in [0.1, 0.15) is 5.82 Å². The second-order valence-corrected chi connectivity index (χ2v) is 6.40. The Morgan fingerprint density at radius 1 is 1.32 bits per heavy atom. The van der Waals surface area contributed by atoms with Crippen LogP contribution in [-0.2, 0) is 5.54 Å². The summed E-state index contributed by atoms with van der Waals surface area (Å²) in [6, 6.07) is 4.33. The number of aryl methyl sites for hydroxylation is 2. The zero-order valence-electron chi connectivity index (χ0n) is 12.1. The van der Waals surface area contributed by atoms with Crippen LogP contribution in [0.3, 0.4) is 0 Å². The molecule has 2 atom stereocenters. The van der Waals surface area contributed by atoms with E-state index in [1.54, 1.807) is 0 Å². The van der Waals surface area contributed by atoms with Gasteiger partial charge in [-0.15, -0.1) is 0 Å². The van der Waals surface area contributed by atoms with E-state index in [1.807, 2.05) is 0 Å². The Balaban J connectivity index is 2.05. The highest BCUT2D eigenvalue weighted by atomic mass is 15.0. The van der Waals surface area contributed by atoms with E-state index in [2.05, 4.69) is 37.9 Å². The predicted octanol–water partition coefficient (Wildman–Crippen LogP) is 3.54. The topological polar surface area (TPSA) is 54.7 Å². The molecule has 0 spiro atoms. The molecule has 1 aliphatic rings. The summed E-state index contributed by atoms with van der Waals surface area (Å²) in [5.41, 5.74) is 11.1. The van der Waals surface area contributed by atoms with Gasteiger partial charge < -0.3 is 10.7 Å². The molecule has 3 rings (SSSR count). The van der Waals surface area contributed by atoms with Gasteiger partial charge in [0.05, 0.1) is 16.6 Å². The third-order valence-corrected chi connectivity index (χ3v) is 4.60. The lowest BCUT2D eigenvalue weighted by molar-refractivity contribution is 0.230. The molecule has 0 amide bonds. The van der Waals surface area contributed by atoms with Crippen molar-refractivity contribution in [3.05, 3.63) is 29.1 Å². The van der Waals surface area contributed by atoms with Gasteiger partial charge in [-0.25, -0.2) is 4.98 Å². The molecule has 19 heavy (non-hydrogen) atoms. The van der Waals surface area contributed by atoms with Crippen molar-refractivity contribution in [3.8, 4) is 0 Å². The van der Waals surface area contributed by atoms with Gasteiger partial charge in [-0.2, -0.15) is 0 Å². The Labute approximate surface area is 114 Å². The fourth-order valence-corrected chi connectivity index (χ4v) is 3.31. The number of aromatic nitrogens is 2. The van der Waals surface area contributed by atoms with E-state index in [1.165, 1.54) is 24.0 Å². The average Bonchev–Trinajstić information content (AvgIpc) is 2.73. The first-order valence-corrected chi connectivity index (χ1v) is 7.24. The van der Waals surface area contributed by atoms with Gasteiger partial charge in [0.25, 0.3) is 0 Å². The molecule has 102 valence electrons. The SMILES string of the molecule is Cc1cc2nc(C3(N)CCCC(C)C3)[nH]c2cc1C. The van der Waals surface area contributed by atoms with Gasteiger partial charge in [0, 0.05) is 0 Å². The van der Waals surface area contributed by atoms with Crippen LogP contribution >= 0.6 is 0 Å². The van der Waals surface area contributed by atoms with E-state index in [-0.39, 0.29) is 5.54 Å². The van der Waals surface area contributed by atoms with Crippen molar-refractivity contribution >= 4 is 11.0 Å². The molecule has 1 saturated carbocycles. The Bertz CT molecular complexity index is 575. The fraction of sp³-hybridized carbons (Fsp3) is 0.562. The number of nitrogens with one attached hydrogen (secondary N) is 1. The summed E-state index contributed by atoms with van der Waals surface area (Å²) in [6.45, 7) is 6.55. The van der Waals surface area contributed by atoms with Crippen LogP contribution in [0.2, 0.25) is 0 Å². The number of benzene rings is 1. The number of rotatable bonds is 1. The van der Waals surface area contributed by atoms with E-state index < -0.39 is 0 Å². The number of H-pyrrole nitrogens is 1. The summed E-state index contributed by atoms with van der Waals surface area (Å²) >= 11 is 0. The number of nitrogens with zero attached hydrogens (tertiary/aromatic N) is 1. The molecule has 2 unspecified atom stereocenters. The quantitative estimate of drug-likeness (QED) is 0.821. The van der Waals surface area contributed by atoms with Crippen molar-refractivity contribution in [2.45, 2.75) is 52.0 Å². The summed E-state index contributed by atoms with van der Waals surface area (Å²) in [5, 5.41) is 0. The van der Waals surface area contributed by atoms with E-state index in [9.17, 15) is 0 Å². The predicted molar refractivity (Wildman–Crippen MR) is 79.1 cm³/mol. The number of fused-ring (bicyclic) bond motifs is 1. The maximum Gasteiger partial charge on any atom is 0.127 e. The molecule has 0 saturated heterocycles. The molecular weight excluding hydrogens is 234 g/mol. The monoisotopic (exact) mass is 257 g/mol. The van der Waals surface area contributed by atoms with Crippen LogP contribution in [0.15, 0.2) is 12.1 Å². The van der Waals surface area contributed by atoms with E-state index in [0.717, 1.165) is 29.7 Å². The lowest BCUT2D eigenvalue weighted by Gasteiger charge is -2.35. The number of nitrogens with two attached hydrogens (primary N) is 1. The molecule has 1 aliphatic carbocycles. The van der Waals surface area contributed by atoms with Crippen LogP contribution in [0.4, 0.5) is 0 Å². The molecule has 1 fully saturated rings. The molecule has 0 bridgehead atoms. The molecule has 3 N–H and O–H groups in total. The van der Waals surface area contributed by atoms with E-state index >= 15 is 0 Å². The first-order chi connectivity index (χ1) is 8.98. The number of hydrogen-bond donors (Lipinski definition) is 2. The van der Waals surface area contributed by atoms with Gasteiger partial charge in [-0.3, -0.25) is 0 Å². The van der Waals surface area contributed by atoms with Gasteiger partial charge in [-0.1, -0.05) is 19.8 Å². The Morgan fingerprint density at radius 3 is 2.79 bits per heavy atom. The molecule has 2 aromatic rings. The molecule has 3 nitrogen and oxygen atoms in total. The largest absolute Gasteiger partial charge is 0.340 e. The Morgan fingerprint density at radius 2 is 2.05 bits per heavy atom. The van der Waals surface area contributed by atoms with Crippen LogP contribution in [0, 0.1) is 19.8 Å². The van der Waals surface area contributed by atoms with Crippen molar-refractivity contribution < 1.29 is 0 Å². The van der Waals surface area contributed by atoms with Gasteiger partial charge in [0.2, 0.25) is 0 Å². The number of aromatic amines is 1. The molecule has 0 aliphatic heterocycles. The van der Waals surface area contributed by atoms with Crippen LogP contribution in [0.25, 0.3) is 11.0 Å². The fourth-order valence-electron chi connectivity index (χ4n) is 3.31. The average molecular weight is 257 g/mol. The van der Waals surface area contributed by atoms with Gasteiger partial charge in [0.15, 0.2) is 0 Å². The minimum atomic E-state index is -0.265. The first kappa shape index (κ1) is 12.7. The summed E-state index contributed by atoms with van der Waals surface area (Å²) in [6.07, 6.45) is 4.56. The minimum Gasteiger partial charge on any atom is -0.340 e. The first-order valence-electron chi connectivity index (χ1n) is 7.24. The Kier molecular flexibility index (Phi) is 2.90. The molecule has 3 heteroatoms. The standard InChI is InChI=1S/C16H23N3/c1-10-5-4-6-16(17,9-10)15-18-13-7-11(2)12(3)8-14(13)19-15/h7-8,10H,4-6,9,17H2,1-3H3,(H,18,19). The van der Waals surface area contributed by atoms with Crippen molar-refractivity contribution in [2.75, 3.05) is 0 Å². The van der Waals surface area contributed by atoms with Gasteiger partial charge in [-0.05, 0) is 55.9 Å². The smallest absolute Gasteiger partial charge is 0.127 e. The van der Waals surface area contributed by atoms with Crippen LogP contribution in [0.5, 0.6) is 0 Å². The summed E-state index contributed by atoms with van der Waals surface area (Å²) in [4.78, 5) is 8.22. The lowest BCUT2D eigenvalue weighted by Crippen LogP contribution is -2.42. The van der Waals surface area contributed by atoms with E-state index in [0.29, 0.717) is 5.92 Å². The summed E-state index contributed by atoms with van der Waals surface area (Å²) in [5.74, 6) is 1.66.